The lowest BCUT2D eigenvalue weighted by Crippen LogP contribution is -2.54. The van der Waals surface area contributed by atoms with E-state index in [1.54, 1.807) is 60.7 Å². The summed E-state index contributed by atoms with van der Waals surface area (Å²) in [6, 6.07) is 11.4. The maximum Gasteiger partial charge on any atom is 0.408 e. The van der Waals surface area contributed by atoms with E-state index in [0.29, 0.717) is 36.8 Å². The Morgan fingerprint density at radius 2 is 0.877 bits per heavy atom. The predicted octanol–water partition coefficient (Wildman–Crippen LogP) is 1.60. The number of carboxylic acid groups (broad SMARTS) is 2. The standard InChI is InChI=1S/C38H52N6O13/c39-21-9-7-15-27(43-37(53)55-23-25-11-3-1-4-12-25)33(49)41-29(17-19-31(45)46)35(51)57-36(52)30(18-20-32(47)48)42-34(50)28(16-8-10-22-40)44-38(54)56-24-26-13-5-2-6-14-26/h1-6,11-14,27-30H,7-10,15-24,39-40H2,(H,41,49)(H,42,50)(H,43,53)(H,44,54)(H,45,46)(H,47,48)/t27-,28-,29+,30+/m0/s1. The molecule has 0 bridgehead atoms. The van der Waals surface area contributed by atoms with Gasteiger partial charge in [-0.05, 0) is 75.6 Å². The Bertz CT molecular complexity index is 1500. The number of hydrogen-bond acceptors (Lipinski definition) is 13. The number of nitrogens with two attached hydrogens (primary N) is 2. The number of nitrogens with one attached hydrogen (secondary N) is 4. The van der Waals surface area contributed by atoms with Crippen LogP contribution in [-0.4, -0.2) is 95.3 Å². The number of carbonyl (C=O) groups is 8. The zero-order chi connectivity index (χ0) is 42.0. The molecule has 0 aliphatic rings. The van der Waals surface area contributed by atoms with Crippen molar-refractivity contribution in [2.45, 2.75) is 102 Å². The first-order valence-corrected chi connectivity index (χ1v) is 18.5. The Balaban J connectivity index is 2.20. The smallest absolute Gasteiger partial charge is 0.408 e. The van der Waals surface area contributed by atoms with Crippen molar-refractivity contribution in [1.29, 1.82) is 0 Å². The maximum absolute atomic E-state index is 13.4. The summed E-state index contributed by atoms with van der Waals surface area (Å²) in [6.07, 6.45) is -2.54. The van der Waals surface area contributed by atoms with Gasteiger partial charge in [-0.25, -0.2) is 19.2 Å². The Morgan fingerprint density at radius 3 is 1.21 bits per heavy atom. The van der Waals surface area contributed by atoms with Crippen LogP contribution < -0.4 is 32.7 Å². The molecule has 0 aromatic heterocycles. The lowest BCUT2D eigenvalue weighted by molar-refractivity contribution is -0.164. The van der Waals surface area contributed by atoms with Crippen LogP contribution in [0.4, 0.5) is 9.59 Å². The van der Waals surface area contributed by atoms with Crippen molar-refractivity contribution >= 4 is 47.9 Å². The fraction of sp³-hybridized carbons (Fsp3) is 0.474. The van der Waals surface area contributed by atoms with Crippen LogP contribution in [0.15, 0.2) is 60.7 Å². The molecule has 312 valence electrons. The molecule has 4 amide bonds. The van der Waals surface area contributed by atoms with Gasteiger partial charge in [-0.1, -0.05) is 60.7 Å². The number of hydrogen-bond donors (Lipinski definition) is 8. The highest BCUT2D eigenvalue weighted by atomic mass is 16.6. The molecule has 19 heteroatoms. The molecule has 2 aromatic rings. The van der Waals surface area contributed by atoms with Crippen molar-refractivity contribution in [1.82, 2.24) is 21.3 Å². The number of carbonyl (C=O) groups excluding carboxylic acids is 6. The molecule has 57 heavy (non-hydrogen) atoms. The molecule has 0 aliphatic carbocycles. The van der Waals surface area contributed by atoms with Gasteiger partial charge in [-0.15, -0.1) is 0 Å². The first-order valence-electron chi connectivity index (χ1n) is 18.5. The molecule has 0 radical (unpaired) electrons. The number of amides is 4. The van der Waals surface area contributed by atoms with Crippen LogP contribution in [0, 0.1) is 0 Å². The van der Waals surface area contributed by atoms with Gasteiger partial charge < -0.3 is 57.2 Å². The van der Waals surface area contributed by atoms with E-state index in [2.05, 4.69) is 21.3 Å². The normalized spacial score (nSPS) is 12.7. The largest absolute Gasteiger partial charge is 0.481 e. The van der Waals surface area contributed by atoms with E-state index < -0.39 is 97.7 Å². The van der Waals surface area contributed by atoms with Crippen molar-refractivity contribution in [3.8, 4) is 0 Å². The van der Waals surface area contributed by atoms with Gasteiger partial charge in [-0.2, -0.15) is 0 Å². The van der Waals surface area contributed by atoms with E-state index >= 15 is 0 Å². The first kappa shape index (κ1) is 47.1. The minimum atomic E-state index is -1.74. The van der Waals surface area contributed by atoms with E-state index in [0.717, 1.165) is 0 Å². The molecule has 2 rings (SSSR count). The third-order valence-electron chi connectivity index (χ3n) is 8.23. The second-order valence-corrected chi connectivity index (χ2v) is 12.8. The van der Waals surface area contributed by atoms with Gasteiger partial charge in [0.2, 0.25) is 11.8 Å². The molecule has 0 saturated carbocycles. The first-order chi connectivity index (χ1) is 27.3. The third-order valence-corrected chi connectivity index (χ3v) is 8.23. The summed E-state index contributed by atoms with van der Waals surface area (Å²) >= 11 is 0. The van der Waals surface area contributed by atoms with E-state index in [1.165, 1.54) is 0 Å². The fourth-order valence-electron chi connectivity index (χ4n) is 5.16. The van der Waals surface area contributed by atoms with E-state index in [1.807, 2.05) is 0 Å². The number of rotatable bonds is 26. The zero-order valence-corrected chi connectivity index (χ0v) is 31.5. The Kier molecular flexibility index (Phi) is 22.0. The Labute approximate surface area is 329 Å². The highest BCUT2D eigenvalue weighted by Crippen LogP contribution is 2.11. The lowest BCUT2D eigenvalue weighted by Gasteiger charge is -2.24. The number of ether oxygens (including phenoxy) is 3. The summed E-state index contributed by atoms with van der Waals surface area (Å²) < 4.78 is 15.4. The summed E-state index contributed by atoms with van der Waals surface area (Å²) in [6.45, 7) is 0.347. The number of benzene rings is 2. The quantitative estimate of drug-likeness (QED) is 0.0290. The molecular weight excluding hydrogens is 748 g/mol. The molecule has 0 unspecified atom stereocenters. The summed E-state index contributed by atoms with van der Waals surface area (Å²) in [4.78, 5) is 102. The van der Waals surface area contributed by atoms with Crippen molar-refractivity contribution < 1.29 is 62.8 Å². The van der Waals surface area contributed by atoms with Crippen molar-refractivity contribution in [3.05, 3.63) is 71.8 Å². The molecule has 0 aliphatic heterocycles. The van der Waals surface area contributed by atoms with Crippen LogP contribution in [-0.2, 0) is 56.2 Å². The number of alkyl carbamates (subject to hydrolysis) is 2. The van der Waals surface area contributed by atoms with Crippen molar-refractivity contribution in [2.75, 3.05) is 13.1 Å². The van der Waals surface area contributed by atoms with Crippen LogP contribution in [0.1, 0.15) is 75.3 Å². The van der Waals surface area contributed by atoms with E-state index in [9.17, 15) is 48.6 Å². The van der Waals surface area contributed by atoms with Crippen LogP contribution in [0.3, 0.4) is 0 Å². The van der Waals surface area contributed by atoms with E-state index in [-0.39, 0.29) is 39.1 Å². The molecule has 4 atom stereocenters. The molecule has 19 nitrogen and oxygen atoms in total. The average Bonchev–Trinajstić information content (AvgIpc) is 3.19. The Morgan fingerprint density at radius 1 is 0.509 bits per heavy atom. The SMILES string of the molecule is NCCCC[C@H](NC(=O)OCc1ccccc1)C(=O)N[C@H](CCC(=O)O)C(=O)OC(=O)[C@@H](CCC(=O)O)NC(=O)[C@H](CCCCN)NC(=O)OCc1ccccc1. The summed E-state index contributed by atoms with van der Waals surface area (Å²) in [5.74, 6) is -7.39. The third kappa shape index (κ3) is 19.9. The minimum Gasteiger partial charge on any atom is -0.481 e. The molecule has 10 N–H and O–H groups in total. The Hall–Kier alpha value is -6.08. The van der Waals surface area contributed by atoms with Crippen molar-refractivity contribution in [3.63, 3.8) is 0 Å². The highest BCUT2D eigenvalue weighted by molar-refractivity contribution is 5.96. The summed E-state index contributed by atoms with van der Waals surface area (Å²) in [7, 11) is 0. The van der Waals surface area contributed by atoms with E-state index in [4.69, 9.17) is 25.7 Å². The fourth-order valence-corrected chi connectivity index (χ4v) is 5.16. The molecule has 0 heterocycles. The topological polar surface area (TPSA) is 305 Å². The summed E-state index contributed by atoms with van der Waals surface area (Å²) in [5, 5.41) is 28.1. The molecule has 0 spiro atoms. The van der Waals surface area contributed by atoms with Gasteiger partial charge in [0.15, 0.2) is 0 Å². The number of esters is 2. The number of aliphatic carboxylic acids is 2. The van der Waals surface area contributed by atoms with Crippen LogP contribution >= 0.6 is 0 Å². The number of carboxylic acids is 2. The van der Waals surface area contributed by atoms with Gasteiger partial charge in [0.05, 0.1) is 0 Å². The molecular formula is C38H52N6O13. The molecule has 0 saturated heterocycles. The van der Waals surface area contributed by atoms with Crippen LogP contribution in [0.25, 0.3) is 0 Å². The summed E-state index contributed by atoms with van der Waals surface area (Å²) in [5.41, 5.74) is 12.5. The maximum atomic E-state index is 13.4. The molecule has 2 aromatic carbocycles. The van der Waals surface area contributed by atoms with Gasteiger partial charge in [0.1, 0.15) is 37.4 Å². The van der Waals surface area contributed by atoms with Gasteiger partial charge in [-0.3, -0.25) is 19.2 Å². The lowest BCUT2D eigenvalue weighted by atomic mass is 10.1. The van der Waals surface area contributed by atoms with Gasteiger partial charge >= 0.3 is 36.1 Å². The van der Waals surface area contributed by atoms with Crippen LogP contribution in [0.2, 0.25) is 0 Å². The second-order valence-electron chi connectivity index (χ2n) is 12.8. The van der Waals surface area contributed by atoms with Crippen molar-refractivity contribution in [2.24, 2.45) is 11.5 Å². The minimum absolute atomic E-state index is 0.0483. The van der Waals surface area contributed by atoms with Crippen LogP contribution in [0.5, 0.6) is 0 Å². The average molecular weight is 801 g/mol. The predicted molar refractivity (Wildman–Crippen MR) is 202 cm³/mol. The monoisotopic (exact) mass is 800 g/mol. The second kappa shape index (κ2) is 26.7. The molecule has 0 fully saturated rings. The van der Waals surface area contributed by atoms with Gasteiger partial charge in [0, 0.05) is 12.8 Å². The zero-order valence-electron chi connectivity index (χ0n) is 31.5. The number of unbranched alkanes of at least 4 members (excludes halogenated alkanes) is 2. The van der Waals surface area contributed by atoms with Gasteiger partial charge in [0.25, 0.3) is 0 Å². The highest BCUT2D eigenvalue weighted by Gasteiger charge is 2.34.